The Morgan fingerprint density at radius 2 is 1.74 bits per heavy atom. The lowest BCUT2D eigenvalue weighted by molar-refractivity contribution is 0.400. The summed E-state index contributed by atoms with van der Waals surface area (Å²) in [5.74, 6) is -1.69. The van der Waals surface area contributed by atoms with E-state index in [0.717, 1.165) is 46.2 Å². The van der Waals surface area contributed by atoms with Gasteiger partial charge in [-0.2, -0.15) is 0 Å². The molecule has 0 bridgehead atoms. The number of benzene rings is 3. The van der Waals surface area contributed by atoms with Crippen LogP contribution in [0.15, 0.2) is 83.9 Å². The number of aromatic nitrogens is 2. The molecule has 198 valence electrons. The molecule has 0 fully saturated rings. The summed E-state index contributed by atoms with van der Waals surface area (Å²) in [5, 5.41) is 0.828. The number of sulfonamides is 1. The fourth-order valence-electron chi connectivity index (χ4n) is 4.42. The number of nitrogens with one attached hydrogen (secondary N) is 1. The van der Waals surface area contributed by atoms with Gasteiger partial charge in [-0.3, -0.25) is 4.72 Å². The first-order chi connectivity index (χ1) is 18.7. The molecule has 0 spiro atoms. The van der Waals surface area contributed by atoms with Gasteiger partial charge < -0.3 is 10.5 Å². The van der Waals surface area contributed by atoms with Crippen LogP contribution in [-0.4, -0.2) is 25.5 Å². The molecule has 39 heavy (non-hydrogen) atoms. The van der Waals surface area contributed by atoms with Gasteiger partial charge in [0.25, 0.3) is 10.0 Å². The van der Waals surface area contributed by atoms with E-state index in [-0.39, 0.29) is 11.6 Å². The predicted octanol–water partition coefficient (Wildman–Crippen LogP) is 6.20. The van der Waals surface area contributed by atoms with E-state index in [9.17, 15) is 17.2 Å². The molecule has 0 saturated heterocycles. The van der Waals surface area contributed by atoms with Gasteiger partial charge in [-0.25, -0.2) is 27.2 Å². The lowest BCUT2D eigenvalue weighted by Gasteiger charge is -2.14. The van der Waals surface area contributed by atoms with Crippen LogP contribution in [0, 0.1) is 11.6 Å². The van der Waals surface area contributed by atoms with Crippen LogP contribution in [0.1, 0.15) is 12.5 Å². The SMILES string of the molecule is CCc1ccccc1-c1cc2cc(-c3cnc(OC)c(NS(=O)(=O)c4ccc(F)cc4F)c3)ccc2nc1N. The molecule has 2 heterocycles. The predicted molar refractivity (Wildman–Crippen MR) is 148 cm³/mol. The maximum atomic E-state index is 14.2. The van der Waals surface area contributed by atoms with Crippen molar-refractivity contribution < 1.29 is 21.9 Å². The lowest BCUT2D eigenvalue weighted by atomic mass is 9.96. The van der Waals surface area contributed by atoms with Crippen LogP contribution in [0.5, 0.6) is 5.88 Å². The van der Waals surface area contributed by atoms with Gasteiger partial charge in [0.05, 0.1) is 12.6 Å². The number of hydrogen-bond acceptors (Lipinski definition) is 6. The first-order valence-electron chi connectivity index (χ1n) is 12.0. The van der Waals surface area contributed by atoms with Gasteiger partial charge >= 0.3 is 0 Å². The number of anilines is 2. The molecule has 0 radical (unpaired) electrons. The van der Waals surface area contributed by atoms with E-state index in [1.54, 1.807) is 0 Å². The standard InChI is InChI=1S/C29H24F2N4O3S/c1-3-17-6-4-5-7-22(17)23-13-19-12-18(8-10-25(19)34-28(23)32)20-14-26(29(38-2)33-16-20)35-39(36,37)27-11-9-21(30)15-24(27)31/h4-16,35H,3H2,1-2H3,(H2,32,34). The number of nitrogen functional groups attached to an aromatic ring is 1. The Morgan fingerprint density at radius 1 is 0.949 bits per heavy atom. The minimum atomic E-state index is -4.41. The van der Waals surface area contributed by atoms with E-state index in [2.05, 4.69) is 27.7 Å². The first kappa shape index (κ1) is 26.1. The van der Waals surface area contributed by atoms with Crippen molar-refractivity contribution in [3.05, 3.63) is 96.2 Å². The third-order valence-electron chi connectivity index (χ3n) is 6.34. The maximum absolute atomic E-state index is 14.2. The monoisotopic (exact) mass is 546 g/mol. The van der Waals surface area contributed by atoms with Gasteiger partial charge in [0.15, 0.2) is 0 Å². The van der Waals surface area contributed by atoms with Crippen LogP contribution in [0.4, 0.5) is 20.3 Å². The number of nitrogens with zero attached hydrogens (tertiary/aromatic N) is 2. The molecule has 0 aliphatic carbocycles. The highest BCUT2D eigenvalue weighted by molar-refractivity contribution is 7.92. The third kappa shape index (κ3) is 5.10. The second kappa shape index (κ2) is 10.3. The van der Waals surface area contributed by atoms with E-state index >= 15 is 0 Å². The molecule has 0 atom stereocenters. The highest BCUT2D eigenvalue weighted by Crippen LogP contribution is 2.35. The van der Waals surface area contributed by atoms with Crippen LogP contribution in [-0.2, 0) is 16.4 Å². The van der Waals surface area contributed by atoms with E-state index < -0.39 is 26.6 Å². The molecule has 0 unspecified atom stereocenters. The zero-order valence-electron chi connectivity index (χ0n) is 21.1. The van der Waals surface area contributed by atoms with Crippen molar-refractivity contribution in [2.45, 2.75) is 18.2 Å². The minimum Gasteiger partial charge on any atom is -0.480 e. The Balaban J connectivity index is 1.56. The van der Waals surface area contributed by atoms with Gasteiger partial charge in [-0.05, 0) is 59.5 Å². The number of pyridine rings is 2. The molecule has 2 aromatic heterocycles. The van der Waals surface area contributed by atoms with Crippen molar-refractivity contribution in [2.75, 3.05) is 17.6 Å². The molecular formula is C29H24F2N4O3S. The van der Waals surface area contributed by atoms with Crippen molar-refractivity contribution in [3.63, 3.8) is 0 Å². The van der Waals surface area contributed by atoms with Crippen LogP contribution in [0.25, 0.3) is 33.2 Å². The maximum Gasteiger partial charge on any atom is 0.264 e. The second-order valence-corrected chi connectivity index (χ2v) is 10.5. The molecule has 0 aliphatic heterocycles. The topological polar surface area (TPSA) is 107 Å². The number of halogens is 2. The number of nitrogens with two attached hydrogens (primary N) is 1. The molecule has 0 amide bonds. The van der Waals surface area contributed by atoms with Crippen molar-refractivity contribution in [2.24, 2.45) is 0 Å². The average Bonchev–Trinajstić information content (AvgIpc) is 2.92. The van der Waals surface area contributed by atoms with Crippen LogP contribution >= 0.6 is 0 Å². The summed E-state index contributed by atoms with van der Waals surface area (Å²) in [7, 11) is -3.08. The molecule has 10 heteroatoms. The highest BCUT2D eigenvalue weighted by Gasteiger charge is 2.22. The molecule has 3 N–H and O–H groups in total. The normalized spacial score (nSPS) is 11.5. The fraction of sp³-hybridized carbons (Fsp3) is 0.103. The van der Waals surface area contributed by atoms with Gasteiger partial charge in [-0.1, -0.05) is 37.3 Å². The van der Waals surface area contributed by atoms with Gasteiger partial charge in [0, 0.05) is 28.8 Å². The summed E-state index contributed by atoms with van der Waals surface area (Å²) in [6, 6.07) is 19.3. The Morgan fingerprint density at radius 3 is 2.49 bits per heavy atom. The van der Waals surface area contributed by atoms with E-state index in [1.165, 1.54) is 19.4 Å². The summed E-state index contributed by atoms with van der Waals surface area (Å²) in [5.41, 5.74) is 11.3. The molecule has 5 rings (SSSR count). The summed E-state index contributed by atoms with van der Waals surface area (Å²) >= 11 is 0. The van der Waals surface area contributed by atoms with E-state index in [4.69, 9.17) is 10.5 Å². The largest absolute Gasteiger partial charge is 0.480 e. The first-order valence-corrected chi connectivity index (χ1v) is 13.5. The molecule has 5 aromatic rings. The highest BCUT2D eigenvalue weighted by atomic mass is 32.2. The summed E-state index contributed by atoms with van der Waals surface area (Å²) in [6.45, 7) is 2.08. The Labute approximate surface area is 224 Å². The number of rotatable bonds is 7. The molecule has 7 nitrogen and oxygen atoms in total. The van der Waals surface area contributed by atoms with Crippen molar-refractivity contribution in [3.8, 4) is 28.1 Å². The number of ether oxygens (including phenoxy) is 1. The van der Waals surface area contributed by atoms with E-state index in [1.807, 2.05) is 42.5 Å². The lowest BCUT2D eigenvalue weighted by Crippen LogP contribution is -2.15. The summed E-state index contributed by atoms with van der Waals surface area (Å²) in [6.07, 6.45) is 2.38. The van der Waals surface area contributed by atoms with Crippen molar-refractivity contribution in [1.82, 2.24) is 9.97 Å². The van der Waals surface area contributed by atoms with Crippen LogP contribution in [0.3, 0.4) is 0 Å². The molecule has 0 saturated carbocycles. The molecule has 0 aliphatic rings. The van der Waals surface area contributed by atoms with Crippen molar-refractivity contribution >= 4 is 32.4 Å². The summed E-state index contributed by atoms with van der Waals surface area (Å²) in [4.78, 5) is 8.12. The van der Waals surface area contributed by atoms with Crippen molar-refractivity contribution in [1.29, 1.82) is 0 Å². The number of hydrogen-bond donors (Lipinski definition) is 2. The number of methoxy groups -OCH3 is 1. The molecule has 3 aromatic carbocycles. The smallest absolute Gasteiger partial charge is 0.264 e. The Hall–Kier alpha value is -4.57. The van der Waals surface area contributed by atoms with Crippen LogP contribution in [0.2, 0.25) is 0 Å². The minimum absolute atomic E-state index is 0.00758. The zero-order valence-corrected chi connectivity index (χ0v) is 21.9. The van der Waals surface area contributed by atoms with Gasteiger partial charge in [-0.15, -0.1) is 0 Å². The zero-order chi connectivity index (χ0) is 27.7. The van der Waals surface area contributed by atoms with Crippen LogP contribution < -0.4 is 15.2 Å². The van der Waals surface area contributed by atoms with E-state index in [0.29, 0.717) is 23.0 Å². The van der Waals surface area contributed by atoms with Gasteiger partial charge in [0.2, 0.25) is 5.88 Å². The fourth-order valence-corrected chi connectivity index (χ4v) is 5.53. The molecular weight excluding hydrogens is 522 g/mol. The Kier molecular flexibility index (Phi) is 6.88. The average molecular weight is 547 g/mol. The summed E-state index contributed by atoms with van der Waals surface area (Å²) < 4.78 is 60.9. The Bertz CT molecular complexity index is 1830. The number of fused-ring (bicyclic) bond motifs is 1. The second-order valence-electron chi connectivity index (χ2n) is 8.80. The number of aryl methyl sites for hydroxylation is 1. The quantitative estimate of drug-likeness (QED) is 0.252. The third-order valence-corrected chi connectivity index (χ3v) is 7.74. The van der Waals surface area contributed by atoms with Gasteiger partial charge in [0.1, 0.15) is 28.0 Å².